The highest BCUT2D eigenvalue weighted by molar-refractivity contribution is 5.96. The summed E-state index contributed by atoms with van der Waals surface area (Å²) in [6, 6.07) is 6.04. The highest BCUT2D eigenvalue weighted by Crippen LogP contribution is 2.39. The van der Waals surface area contributed by atoms with Crippen LogP contribution in [-0.4, -0.2) is 37.0 Å². The summed E-state index contributed by atoms with van der Waals surface area (Å²) >= 11 is 0. The Bertz CT molecular complexity index is 518. The zero-order valence-corrected chi connectivity index (χ0v) is 12.5. The Hall–Kier alpha value is -1.35. The van der Waals surface area contributed by atoms with Gasteiger partial charge in [-0.1, -0.05) is 12.1 Å². The van der Waals surface area contributed by atoms with E-state index in [-0.39, 0.29) is 5.91 Å². The summed E-state index contributed by atoms with van der Waals surface area (Å²) in [6.07, 6.45) is 3.60. The maximum atomic E-state index is 12.8. The third-order valence-corrected chi connectivity index (χ3v) is 5.22. The molecule has 1 amide bonds. The highest BCUT2D eigenvalue weighted by Gasteiger charge is 2.40. The summed E-state index contributed by atoms with van der Waals surface area (Å²) in [4.78, 5) is 14.8. The van der Waals surface area contributed by atoms with Crippen LogP contribution in [0, 0.1) is 19.3 Å². The number of aryl methyl sites for hydroxylation is 1. The molecule has 108 valence electrons. The number of nitrogens with one attached hydrogen (secondary N) is 1. The molecule has 2 heterocycles. The van der Waals surface area contributed by atoms with Crippen molar-refractivity contribution in [1.29, 1.82) is 0 Å². The first-order valence-corrected chi connectivity index (χ1v) is 7.68. The number of likely N-dealkylation sites (tertiary alicyclic amines) is 1. The minimum Gasteiger partial charge on any atom is -0.338 e. The molecule has 1 N–H and O–H groups in total. The predicted octanol–water partition coefficient (Wildman–Crippen LogP) is 2.52. The van der Waals surface area contributed by atoms with Crippen molar-refractivity contribution in [3.05, 3.63) is 34.9 Å². The lowest BCUT2D eigenvalue weighted by atomic mass is 9.78. The van der Waals surface area contributed by atoms with Gasteiger partial charge in [-0.3, -0.25) is 4.79 Å². The third-order valence-electron chi connectivity index (χ3n) is 5.22. The first-order chi connectivity index (χ1) is 9.61. The summed E-state index contributed by atoms with van der Waals surface area (Å²) in [5, 5.41) is 3.42. The minimum atomic E-state index is 0.224. The maximum absolute atomic E-state index is 12.8. The number of carbonyl (C=O) groups excluding carboxylic acids is 1. The molecular weight excluding hydrogens is 248 g/mol. The van der Waals surface area contributed by atoms with Crippen molar-refractivity contribution >= 4 is 5.91 Å². The number of hydrogen-bond donors (Lipinski definition) is 1. The highest BCUT2D eigenvalue weighted by atomic mass is 16.2. The van der Waals surface area contributed by atoms with Gasteiger partial charge in [-0.15, -0.1) is 0 Å². The van der Waals surface area contributed by atoms with Crippen LogP contribution in [0.1, 0.15) is 40.7 Å². The summed E-state index contributed by atoms with van der Waals surface area (Å²) in [5.74, 6) is 0.224. The van der Waals surface area contributed by atoms with E-state index in [1.165, 1.54) is 24.8 Å². The van der Waals surface area contributed by atoms with Crippen LogP contribution >= 0.6 is 0 Å². The zero-order valence-electron chi connectivity index (χ0n) is 12.5. The molecule has 0 unspecified atom stereocenters. The molecule has 2 aliphatic heterocycles. The fraction of sp³-hybridized carbons (Fsp3) is 0.588. The van der Waals surface area contributed by atoms with Crippen molar-refractivity contribution in [2.45, 2.75) is 33.1 Å². The van der Waals surface area contributed by atoms with Crippen LogP contribution < -0.4 is 5.32 Å². The number of nitrogens with zero attached hydrogens (tertiary/aromatic N) is 1. The van der Waals surface area contributed by atoms with Gasteiger partial charge < -0.3 is 10.2 Å². The van der Waals surface area contributed by atoms with Gasteiger partial charge >= 0.3 is 0 Å². The number of amides is 1. The smallest absolute Gasteiger partial charge is 0.254 e. The van der Waals surface area contributed by atoms with Gasteiger partial charge in [-0.05, 0) is 68.8 Å². The van der Waals surface area contributed by atoms with Crippen molar-refractivity contribution in [3.8, 4) is 0 Å². The molecule has 0 saturated carbocycles. The normalized spacial score (nSPS) is 21.4. The predicted molar refractivity (Wildman–Crippen MR) is 81.0 cm³/mol. The molecule has 1 spiro atoms. The van der Waals surface area contributed by atoms with Gasteiger partial charge in [0.05, 0.1) is 0 Å². The molecule has 3 rings (SSSR count). The van der Waals surface area contributed by atoms with E-state index in [1.807, 2.05) is 12.1 Å². The molecule has 0 aromatic heterocycles. The Morgan fingerprint density at radius 1 is 1.20 bits per heavy atom. The second kappa shape index (κ2) is 5.21. The Balaban J connectivity index is 1.77. The van der Waals surface area contributed by atoms with Gasteiger partial charge in [-0.2, -0.15) is 0 Å². The van der Waals surface area contributed by atoms with Crippen molar-refractivity contribution in [2.24, 2.45) is 5.41 Å². The molecule has 1 aromatic carbocycles. The molecule has 0 aliphatic carbocycles. The van der Waals surface area contributed by atoms with Crippen LogP contribution in [0.3, 0.4) is 0 Å². The SMILES string of the molecule is Cc1cccc(C(=O)N2CCC3(CCNCC3)C2)c1C. The van der Waals surface area contributed by atoms with Crippen LogP contribution in [0.5, 0.6) is 0 Å². The van der Waals surface area contributed by atoms with E-state index in [0.717, 1.165) is 37.3 Å². The van der Waals surface area contributed by atoms with E-state index in [9.17, 15) is 4.79 Å². The summed E-state index contributed by atoms with van der Waals surface area (Å²) in [7, 11) is 0. The summed E-state index contributed by atoms with van der Waals surface area (Å²) in [5.41, 5.74) is 3.60. The van der Waals surface area contributed by atoms with Gasteiger partial charge in [0.1, 0.15) is 0 Å². The lowest BCUT2D eigenvalue weighted by Crippen LogP contribution is -2.39. The molecule has 20 heavy (non-hydrogen) atoms. The molecule has 2 fully saturated rings. The average Bonchev–Trinajstić information content (AvgIpc) is 2.86. The summed E-state index contributed by atoms with van der Waals surface area (Å²) < 4.78 is 0. The lowest BCUT2D eigenvalue weighted by molar-refractivity contribution is 0.0761. The van der Waals surface area contributed by atoms with Gasteiger partial charge in [0.15, 0.2) is 0 Å². The first kappa shape index (κ1) is 13.6. The van der Waals surface area contributed by atoms with Gasteiger partial charge in [0.25, 0.3) is 5.91 Å². The largest absolute Gasteiger partial charge is 0.338 e. The molecule has 0 atom stereocenters. The number of hydrogen-bond acceptors (Lipinski definition) is 2. The van der Waals surface area contributed by atoms with Gasteiger partial charge in [-0.25, -0.2) is 0 Å². The third kappa shape index (κ3) is 2.35. The molecular formula is C17H24N2O. The number of piperidine rings is 1. The first-order valence-electron chi connectivity index (χ1n) is 7.68. The van der Waals surface area contributed by atoms with Crippen LogP contribution in [0.15, 0.2) is 18.2 Å². The van der Waals surface area contributed by atoms with E-state index in [0.29, 0.717) is 5.41 Å². The van der Waals surface area contributed by atoms with Gasteiger partial charge in [0, 0.05) is 18.7 Å². The standard InChI is InChI=1S/C17H24N2O/c1-13-4-3-5-15(14(13)2)16(20)19-11-8-17(12-19)6-9-18-10-7-17/h3-5,18H,6-12H2,1-2H3. The number of benzene rings is 1. The van der Waals surface area contributed by atoms with Crippen LogP contribution in [0.2, 0.25) is 0 Å². The van der Waals surface area contributed by atoms with E-state index >= 15 is 0 Å². The van der Waals surface area contributed by atoms with E-state index in [4.69, 9.17) is 0 Å². The lowest BCUT2D eigenvalue weighted by Gasteiger charge is -2.33. The van der Waals surface area contributed by atoms with Gasteiger partial charge in [0.2, 0.25) is 0 Å². The number of carbonyl (C=O) groups is 1. The van der Waals surface area contributed by atoms with Crippen molar-refractivity contribution in [3.63, 3.8) is 0 Å². The second-order valence-electron chi connectivity index (χ2n) is 6.47. The molecule has 3 heteroatoms. The van der Waals surface area contributed by atoms with Crippen molar-refractivity contribution in [2.75, 3.05) is 26.2 Å². The monoisotopic (exact) mass is 272 g/mol. The quantitative estimate of drug-likeness (QED) is 0.852. The molecule has 0 radical (unpaired) electrons. The van der Waals surface area contributed by atoms with Crippen LogP contribution in [-0.2, 0) is 0 Å². The minimum absolute atomic E-state index is 0.224. The van der Waals surface area contributed by atoms with Crippen molar-refractivity contribution in [1.82, 2.24) is 10.2 Å². The average molecular weight is 272 g/mol. The molecule has 0 bridgehead atoms. The Kier molecular flexibility index (Phi) is 3.55. The van der Waals surface area contributed by atoms with Crippen LogP contribution in [0.25, 0.3) is 0 Å². The van der Waals surface area contributed by atoms with E-state index < -0.39 is 0 Å². The Morgan fingerprint density at radius 2 is 1.95 bits per heavy atom. The van der Waals surface area contributed by atoms with E-state index in [2.05, 4.69) is 30.1 Å². The second-order valence-corrected chi connectivity index (χ2v) is 6.47. The van der Waals surface area contributed by atoms with Crippen molar-refractivity contribution < 1.29 is 4.79 Å². The maximum Gasteiger partial charge on any atom is 0.254 e. The zero-order chi connectivity index (χ0) is 14.2. The topological polar surface area (TPSA) is 32.3 Å². The Morgan fingerprint density at radius 3 is 2.70 bits per heavy atom. The fourth-order valence-electron chi connectivity index (χ4n) is 3.63. The molecule has 1 aromatic rings. The molecule has 2 saturated heterocycles. The van der Waals surface area contributed by atoms with E-state index in [1.54, 1.807) is 0 Å². The summed E-state index contributed by atoms with van der Waals surface area (Å²) in [6.45, 7) is 8.20. The molecule has 3 nitrogen and oxygen atoms in total. The number of rotatable bonds is 1. The Labute approximate surface area is 121 Å². The van der Waals surface area contributed by atoms with Crippen LogP contribution in [0.4, 0.5) is 0 Å². The fourth-order valence-corrected chi connectivity index (χ4v) is 3.63. The molecule has 2 aliphatic rings.